The number of carbonyl (C=O) groups excluding carboxylic acids is 3. The molecule has 2 unspecified atom stereocenters. The van der Waals surface area contributed by atoms with Gasteiger partial charge in [-0.1, -0.05) is 36.4 Å². The predicted molar refractivity (Wildman–Crippen MR) is 102 cm³/mol. The summed E-state index contributed by atoms with van der Waals surface area (Å²) < 4.78 is 0. The van der Waals surface area contributed by atoms with E-state index in [4.69, 9.17) is 0 Å². The molecule has 1 saturated heterocycles. The van der Waals surface area contributed by atoms with E-state index >= 15 is 0 Å². The van der Waals surface area contributed by atoms with Gasteiger partial charge in [-0.2, -0.15) is 0 Å². The first-order valence-corrected chi connectivity index (χ1v) is 9.47. The van der Waals surface area contributed by atoms with E-state index in [9.17, 15) is 14.4 Å². The van der Waals surface area contributed by atoms with Crippen LogP contribution < -0.4 is 21.3 Å². The number of benzene rings is 1. The van der Waals surface area contributed by atoms with Gasteiger partial charge in [-0.15, -0.1) is 18.3 Å². The van der Waals surface area contributed by atoms with Gasteiger partial charge in [-0.3, -0.25) is 19.7 Å². The molecule has 4 N–H and O–H groups in total. The van der Waals surface area contributed by atoms with E-state index in [1.54, 1.807) is 6.08 Å². The molecule has 0 aromatic heterocycles. The highest BCUT2D eigenvalue weighted by Crippen LogP contribution is 2.14. The molecule has 0 radical (unpaired) electrons. The third-order valence-electron chi connectivity index (χ3n) is 3.70. The Bertz CT molecular complexity index is 639. The van der Waals surface area contributed by atoms with Crippen LogP contribution in [-0.2, 0) is 20.9 Å². The molecule has 0 spiro atoms. The van der Waals surface area contributed by atoms with Gasteiger partial charge in [0.1, 0.15) is 5.50 Å². The minimum atomic E-state index is -0.391. The summed E-state index contributed by atoms with van der Waals surface area (Å²) in [7, 11) is 0. The molecule has 8 heteroatoms. The summed E-state index contributed by atoms with van der Waals surface area (Å²) >= 11 is 1.28. The summed E-state index contributed by atoms with van der Waals surface area (Å²) in [6.45, 7) is 4.41. The average Bonchev–Trinajstić information content (AvgIpc) is 2.63. The fraction of sp³-hybridized carbons (Fsp3) is 0.389. The van der Waals surface area contributed by atoms with Crippen LogP contribution in [0.4, 0.5) is 0 Å². The third kappa shape index (κ3) is 7.28. The van der Waals surface area contributed by atoms with Crippen LogP contribution in [-0.4, -0.2) is 41.6 Å². The third-order valence-corrected chi connectivity index (χ3v) is 4.72. The van der Waals surface area contributed by atoms with Crippen LogP contribution >= 0.6 is 11.8 Å². The molecule has 2 rings (SSSR count). The Balaban J connectivity index is 1.74. The van der Waals surface area contributed by atoms with Crippen molar-refractivity contribution in [2.75, 3.05) is 12.3 Å². The Labute approximate surface area is 157 Å². The smallest absolute Gasteiger partial charge is 0.230 e. The van der Waals surface area contributed by atoms with E-state index in [0.29, 0.717) is 13.1 Å². The monoisotopic (exact) mass is 376 g/mol. The fourth-order valence-corrected chi connectivity index (χ4v) is 3.38. The van der Waals surface area contributed by atoms with Crippen molar-refractivity contribution in [3.05, 3.63) is 48.6 Å². The SMILES string of the molecule is C=CCNC(=O)CSC1NC(=O)CC(CC(=O)NCc2ccccc2)N1. The molecule has 0 bridgehead atoms. The average molecular weight is 376 g/mol. The second kappa shape index (κ2) is 10.6. The van der Waals surface area contributed by atoms with Gasteiger partial charge >= 0.3 is 0 Å². The summed E-state index contributed by atoms with van der Waals surface area (Å²) in [5, 5.41) is 11.5. The summed E-state index contributed by atoms with van der Waals surface area (Å²) in [5.41, 5.74) is 0.631. The molecule has 2 atom stereocenters. The first-order chi connectivity index (χ1) is 12.6. The molecule has 7 nitrogen and oxygen atoms in total. The Morgan fingerprint density at radius 1 is 1.23 bits per heavy atom. The molecule has 1 aromatic carbocycles. The topological polar surface area (TPSA) is 99.3 Å². The largest absolute Gasteiger partial charge is 0.352 e. The Morgan fingerprint density at radius 2 is 2.00 bits per heavy atom. The van der Waals surface area contributed by atoms with Crippen molar-refractivity contribution in [2.24, 2.45) is 0 Å². The zero-order chi connectivity index (χ0) is 18.8. The van der Waals surface area contributed by atoms with Crippen LogP contribution in [0, 0.1) is 0 Å². The number of hydrogen-bond acceptors (Lipinski definition) is 5. The summed E-state index contributed by atoms with van der Waals surface area (Å²) in [6.07, 6.45) is 2.05. The highest BCUT2D eigenvalue weighted by atomic mass is 32.2. The Hall–Kier alpha value is -2.32. The lowest BCUT2D eigenvalue weighted by atomic mass is 10.1. The van der Waals surface area contributed by atoms with Crippen molar-refractivity contribution in [2.45, 2.75) is 30.9 Å². The van der Waals surface area contributed by atoms with Gasteiger partial charge in [0, 0.05) is 32.0 Å². The lowest BCUT2D eigenvalue weighted by Gasteiger charge is -2.30. The van der Waals surface area contributed by atoms with Gasteiger partial charge in [0.2, 0.25) is 17.7 Å². The molecule has 0 aliphatic carbocycles. The second-order valence-electron chi connectivity index (χ2n) is 5.89. The van der Waals surface area contributed by atoms with Crippen LogP contribution in [0.15, 0.2) is 43.0 Å². The minimum Gasteiger partial charge on any atom is -0.352 e. The van der Waals surface area contributed by atoms with Crippen LogP contribution in [0.1, 0.15) is 18.4 Å². The predicted octanol–water partition coefficient (Wildman–Crippen LogP) is 0.490. The molecule has 0 saturated carbocycles. The van der Waals surface area contributed by atoms with Gasteiger partial charge in [0.05, 0.1) is 5.75 Å². The van der Waals surface area contributed by atoms with Crippen molar-refractivity contribution in [1.82, 2.24) is 21.3 Å². The van der Waals surface area contributed by atoms with Crippen molar-refractivity contribution >= 4 is 29.5 Å². The maximum atomic E-state index is 12.1. The van der Waals surface area contributed by atoms with E-state index in [0.717, 1.165) is 5.56 Å². The highest BCUT2D eigenvalue weighted by molar-refractivity contribution is 8.00. The number of hydrogen-bond donors (Lipinski definition) is 4. The summed E-state index contributed by atoms with van der Waals surface area (Å²) in [5.74, 6) is -0.172. The molecule has 140 valence electrons. The minimum absolute atomic E-state index is 0.117. The zero-order valence-electron chi connectivity index (χ0n) is 14.5. The van der Waals surface area contributed by atoms with E-state index < -0.39 is 5.50 Å². The van der Waals surface area contributed by atoms with E-state index in [1.807, 2.05) is 30.3 Å². The standard InChI is InChI=1S/C18H24N4O3S/c1-2-8-19-17(25)12-26-18-21-14(10-16(24)22-18)9-15(23)20-11-13-6-4-3-5-7-13/h2-7,14,18,21H,1,8-12H2,(H,19,25)(H,20,23)(H,22,24). The first kappa shape index (κ1) is 20.0. The quantitative estimate of drug-likeness (QED) is 0.470. The number of amides is 3. The summed E-state index contributed by atoms with van der Waals surface area (Å²) in [6, 6.07) is 9.38. The second-order valence-corrected chi connectivity index (χ2v) is 6.98. The molecule has 1 aromatic rings. The maximum absolute atomic E-state index is 12.1. The number of carbonyl (C=O) groups is 3. The van der Waals surface area contributed by atoms with Gasteiger partial charge < -0.3 is 16.0 Å². The molecule has 26 heavy (non-hydrogen) atoms. The molecule has 1 fully saturated rings. The molecule has 1 aliphatic heterocycles. The zero-order valence-corrected chi connectivity index (χ0v) is 15.3. The van der Waals surface area contributed by atoms with Crippen LogP contribution in [0.2, 0.25) is 0 Å². The normalized spacial score (nSPS) is 19.3. The van der Waals surface area contributed by atoms with Gasteiger partial charge in [-0.05, 0) is 5.56 Å². The van der Waals surface area contributed by atoms with Crippen molar-refractivity contribution in [1.29, 1.82) is 0 Å². The Kier molecular flexibility index (Phi) is 8.17. The van der Waals surface area contributed by atoms with Crippen molar-refractivity contribution in [3.63, 3.8) is 0 Å². The molecule has 3 amide bonds. The van der Waals surface area contributed by atoms with Crippen molar-refractivity contribution in [3.8, 4) is 0 Å². The number of nitrogens with one attached hydrogen (secondary N) is 4. The number of thioether (sulfide) groups is 1. The van der Waals surface area contributed by atoms with E-state index in [2.05, 4.69) is 27.8 Å². The highest BCUT2D eigenvalue weighted by Gasteiger charge is 2.27. The van der Waals surface area contributed by atoms with E-state index in [-0.39, 0.29) is 42.4 Å². The summed E-state index contributed by atoms with van der Waals surface area (Å²) in [4.78, 5) is 35.6. The van der Waals surface area contributed by atoms with Crippen molar-refractivity contribution < 1.29 is 14.4 Å². The maximum Gasteiger partial charge on any atom is 0.230 e. The fourth-order valence-electron chi connectivity index (χ4n) is 2.45. The van der Waals surface area contributed by atoms with Gasteiger partial charge in [0.25, 0.3) is 0 Å². The van der Waals surface area contributed by atoms with Gasteiger partial charge in [0.15, 0.2) is 0 Å². The molecule has 1 heterocycles. The van der Waals surface area contributed by atoms with Crippen LogP contribution in [0.3, 0.4) is 0 Å². The van der Waals surface area contributed by atoms with Crippen LogP contribution in [0.25, 0.3) is 0 Å². The van der Waals surface area contributed by atoms with E-state index in [1.165, 1.54) is 11.8 Å². The van der Waals surface area contributed by atoms with Gasteiger partial charge in [-0.25, -0.2) is 0 Å². The lowest BCUT2D eigenvalue weighted by molar-refractivity contribution is -0.125. The Morgan fingerprint density at radius 3 is 2.73 bits per heavy atom. The lowest BCUT2D eigenvalue weighted by Crippen LogP contribution is -2.56. The molecule has 1 aliphatic rings. The molecular formula is C18H24N4O3S. The number of rotatable bonds is 9. The molecular weight excluding hydrogens is 352 g/mol. The first-order valence-electron chi connectivity index (χ1n) is 8.42. The van der Waals surface area contributed by atoms with Crippen LogP contribution in [0.5, 0.6) is 0 Å².